The van der Waals surface area contributed by atoms with Crippen molar-refractivity contribution in [2.75, 3.05) is 0 Å². The van der Waals surface area contributed by atoms with Gasteiger partial charge in [0.15, 0.2) is 0 Å². The van der Waals surface area contributed by atoms with E-state index in [0.717, 1.165) is 24.0 Å². The van der Waals surface area contributed by atoms with Gasteiger partial charge in [0.05, 0.1) is 6.33 Å². The third kappa shape index (κ3) is 2.34. The van der Waals surface area contributed by atoms with Gasteiger partial charge in [-0.15, -0.1) is 0 Å². The topological polar surface area (TPSA) is 17.8 Å². The third-order valence-electron chi connectivity index (χ3n) is 3.05. The second-order valence-electron chi connectivity index (χ2n) is 4.50. The fourth-order valence-electron chi connectivity index (χ4n) is 2.02. The van der Waals surface area contributed by atoms with Gasteiger partial charge < -0.3 is 4.57 Å². The highest BCUT2D eigenvalue weighted by Gasteiger charge is 2.26. The molecule has 1 heterocycles. The SMILES string of the molecule is Fc1cc(Cn2cnc(Cl)c2)ccc1C1CC1. The lowest BCUT2D eigenvalue weighted by Crippen LogP contribution is -1.98. The summed E-state index contributed by atoms with van der Waals surface area (Å²) in [6, 6.07) is 5.49. The number of benzene rings is 1. The third-order valence-corrected chi connectivity index (χ3v) is 3.24. The maximum atomic E-state index is 13.8. The van der Waals surface area contributed by atoms with Crippen LogP contribution in [0.2, 0.25) is 5.15 Å². The molecule has 4 heteroatoms. The van der Waals surface area contributed by atoms with Crippen molar-refractivity contribution in [2.24, 2.45) is 0 Å². The summed E-state index contributed by atoms with van der Waals surface area (Å²) in [6.45, 7) is 0.599. The molecule has 1 aromatic carbocycles. The van der Waals surface area contributed by atoms with E-state index in [9.17, 15) is 4.39 Å². The minimum Gasteiger partial charge on any atom is -0.331 e. The second kappa shape index (κ2) is 4.15. The van der Waals surface area contributed by atoms with E-state index in [1.165, 1.54) is 0 Å². The Morgan fingerprint density at radius 2 is 2.24 bits per heavy atom. The second-order valence-corrected chi connectivity index (χ2v) is 4.89. The molecule has 2 nitrogen and oxygen atoms in total. The molecule has 3 rings (SSSR count). The van der Waals surface area contributed by atoms with Gasteiger partial charge >= 0.3 is 0 Å². The molecule has 0 saturated heterocycles. The molecule has 0 aliphatic heterocycles. The lowest BCUT2D eigenvalue weighted by Gasteiger charge is -2.05. The quantitative estimate of drug-likeness (QED) is 0.814. The average Bonchev–Trinajstić information content (AvgIpc) is 3.04. The Labute approximate surface area is 104 Å². The minimum absolute atomic E-state index is 0.0868. The Morgan fingerprint density at radius 3 is 2.82 bits per heavy atom. The number of hydrogen-bond donors (Lipinski definition) is 0. The van der Waals surface area contributed by atoms with Crippen LogP contribution in [0.1, 0.15) is 29.9 Å². The van der Waals surface area contributed by atoms with Crippen molar-refractivity contribution in [1.29, 1.82) is 0 Å². The Bertz CT molecular complexity index is 546. The maximum Gasteiger partial charge on any atom is 0.146 e. The van der Waals surface area contributed by atoms with E-state index in [-0.39, 0.29) is 5.82 Å². The molecular weight excluding hydrogens is 239 g/mol. The number of halogens is 2. The van der Waals surface area contributed by atoms with Crippen molar-refractivity contribution in [3.63, 3.8) is 0 Å². The predicted molar refractivity (Wildman–Crippen MR) is 64.7 cm³/mol. The zero-order valence-corrected chi connectivity index (χ0v) is 9.99. The van der Waals surface area contributed by atoms with E-state index >= 15 is 0 Å². The number of hydrogen-bond acceptors (Lipinski definition) is 1. The summed E-state index contributed by atoms with van der Waals surface area (Å²) in [6.07, 6.45) is 5.62. The molecule has 0 N–H and O–H groups in total. The van der Waals surface area contributed by atoms with Gasteiger partial charge in [0, 0.05) is 12.7 Å². The molecule has 0 bridgehead atoms. The van der Waals surface area contributed by atoms with E-state index < -0.39 is 0 Å². The molecule has 17 heavy (non-hydrogen) atoms. The van der Waals surface area contributed by atoms with Gasteiger partial charge in [0.2, 0.25) is 0 Å². The standard InChI is InChI=1S/C13H12ClFN2/c14-13-7-17(8-16-13)6-9-1-4-11(10-2-3-10)12(15)5-9/h1,4-5,7-8,10H,2-3,6H2. The molecule has 1 aromatic heterocycles. The molecule has 1 aliphatic rings. The fraction of sp³-hybridized carbons (Fsp3) is 0.308. The Hall–Kier alpha value is -1.35. The van der Waals surface area contributed by atoms with Crippen molar-refractivity contribution >= 4 is 11.6 Å². The Morgan fingerprint density at radius 1 is 1.41 bits per heavy atom. The normalized spacial score (nSPS) is 15.2. The summed E-state index contributed by atoms with van der Waals surface area (Å²) in [7, 11) is 0. The number of imidazole rings is 1. The predicted octanol–water partition coefficient (Wildman–Crippen LogP) is 3.60. The van der Waals surface area contributed by atoms with Crippen LogP contribution in [0, 0.1) is 5.82 Å². The van der Waals surface area contributed by atoms with Crippen LogP contribution < -0.4 is 0 Å². The zero-order valence-electron chi connectivity index (χ0n) is 9.24. The summed E-state index contributed by atoms with van der Waals surface area (Å²) in [5, 5.41) is 0.458. The Kier molecular flexibility index (Phi) is 2.63. The van der Waals surface area contributed by atoms with E-state index in [1.54, 1.807) is 18.6 Å². The first-order chi connectivity index (χ1) is 8.22. The number of rotatable bonds is 3. The lowest BCUT2D eigenvalue weighted by molar-refractivity contribution is 0.606. The molecule has 1 aliphatic carbocycles. The average molecular weight is 251 g/mol. The highest BCUT2D eigenvalue weighted by Crippen LogP contribution is 2.41. The Balaban J connectivity index is 1.81. The summed E-state index contributed by atoms with van der Waals surface area (Å²) in [4.78, 5) is 3.93. The summed E-state index contributed by atoms with van der Waals surface area (Å²) >= 11 is 5.73. The van der Waals surface area contributed by atoms with Crippen molar-refractivity contribution in [1.82, 2.24) is 9.55 Å². The van der Waals surface area contributed by atoms with Gasteiger partial charge in [-0.3, -0.25) is 0 Å². The van der Waals surface area contributed by atoms with Gasteiger partial charge in [-0.2, -0.15) is 0 Å². The van der Waals surface area contributed by atoms with Crippen LogP contribution in [-0.4, -0.2) is 9.55 Å². The summed E-state index contributed by atoms with van der Waals surface area (Å²) in [5.41, 5.74) is 1.79. The van der Waals surface area contributed by atoms with Crippen molar-refractivity contribution < 1.29 is 4.39 Å². The molecule has 0 amide bonds. The van der Waals surface area contributed by atoms with Crippen LogP contribution >= 0.6 is 11.6 Å². The minimum atomic E-state index is -0.0868. The first-order valence-electron chi connectivity index (χ1n) is 5.68. The van der Waals surface area contributed by atoms with Gasteiger partial charge in [-0.25, -0.2) is 9.37 Å². The molecule has 2 aromatic rings. The van der Waals surface area contributed by atoms with Crippen molar-refractivity contribution in [2.45, 2.75) is 25.3 Å². The fourth-order valence-corrected chi connectivity index (χ4v) is 2.19. The molecule has 0 unspecified atom stereocenters. The van der Waals surface area contributed by atoms with Crippen LogP contribution in [0.15, 0.2) is 30.7 Å². The van der Waals surface area contributed by atoms with E-state index in [0.29, 0.717) is 17.6 Å². The van der Waals surface area contributed by atoms with E-state index in [4.69, 9.17) is 11.6 Å². The van der Waals surface area contributed by atoms with Crippen molar-refractivity contribution in [3.8, 4) is 0 Å². The van der Waals surface area contributed by atoms with Gasteiger partial charge in [-0.05, 0) is 36.0 Å². The maximum absolute atomic E-state index is 13.8. The molecular formula is C13H12ClFN2. The van der Waals surface area contributed by atoms with E-state index in [2.05, 4.69) is 4.98 Å². The molecule has 0 radical (unpaired) electrons. The molecule has 1 fully saturated rings. The van der Waals surface area contributed by atoms with Crippen molar-refractivity contribution in [3.05, 3.63) is 52.8 Å². The first-order valence-corrected chi connectivity index (χ1v) is 6.06. The highest BCUT2D eigenvalue weighted by atomic mass is 35.5. The van der Waals surface area contributed by atoms with Crippen LogP contribution in [0.4, 0.5) is 4.39 Å². The first kappa shape index (κ1) is 10.8. The van der Waals surface area contributed by atoms with Crippen LogP contribution in [0.3, 0.4) is 0 Å². The molecule has 0 atom stereocenters. The zero-order chi connectivity index (χ0) is 11.8. The summed E-state index contributed by atoms with van der Waals surface area (Å²) < 4.78 is 15.6. The van der Waals surface area contributed by atoms with Gasteiger partial charge in [0.25, 0.3) is 0 Å². The molecule has 88 valence electrons. The van der Waals surface area contributed by atoms with Gasteiger partial charge in [0.1, 0.15) is 11.0 Å². The largest absolute Gasteiger partial charge is 0.331 e. The lowest BCUT2D eigenvalue weighted by atomic mass is 10.1. The molecule has 1 saturated carbocycles. The van der Waals surface area contributed by atoms with Gasteiger partial charge in [-0.1, -0.05) is 23.7 Å². The number of nitrogens with zero attached hydrogens (tertiary/aromatic N) is 2. The summed E-state index contributed by atoms with van der Waals surface area (Å²) in [5.74, 6) is 0.364. The van der Waals surface area contributed by atoms with Crippen LogP contribution in [-0.2, 0) is 6.54 Å². The van der Waals surface area contributed by atoms with E-state index in [1.807, 2.05) is 16.7 Å². The monoisotopic (exact) mass is 250 g/mol. The van der Waals surface area contributed by atoms with Crippen LogP contribution in [0.25, 0.3) is 0 Å². The molecule has 0 spiro atoms. The smallest absolute Gasteiger partial charge is 0.146 e. The highest BCUT2D eigenvalue weighted by molar-refractivity contribution is 6.29. The number of aromatic nitrogens is 2. The van der Waals surface area contributed by atoms with Crippen LogP contribution in [0.5, 0.6) is 0 Å².